The van der Waals surface area contributed by atoms with Crippen molar-refractivity contribution in [3.63, 3.8) is 0 Å². The highest BCUT2D eigenvalue weighted by Gasteiger charge is 2.34. The number of anilines is 1. The number of hydrogen-bond donors (Lipinski definition) is 0. The predicted octanol–water partition coefficient (Wildman–Crippen LogP) is 4.87. The van der Waals surface area contributed by atoms with Crippen molar-refractivity contribution in [3.05, 3.63) is 82.3 Å². The molecule has 1 aliphatic heterocycles. The molecule has 0 N–H and O–H groups in total. The zero-order valence-corrected chi connectivity index (χ0v) is 19.1. The second-order valence-corrected chi connectivity index (χ2v) is 9.28. The summed E-state index contributed by atoms with van der Waals surface area (Å²) in [7, 11) is 0. The number of halogens is 3. The van der Waals surface area contributed by atoms with E-state index in [0.29, 0.717) is 17.1 Å². The molecule has 0 saturated heterocycles. The first-order valence-corrected chi connectivity index (χ1v) is 11.6. The van der Waals surface area contributed by atoms with Crippen molar-refractivity contribution >= 4 is 23.4 Å². The van der Waals surface area contributed by atoms with Gasteiger partial charge in [0.15, 0.2) is 0 Å². The highest BCUT2D eigenvalue weighted by molar-refractivity contribution is 8.00. The van der Waals surface area contributed by atoms with E-state index in [1.807, 2.05) is 25.1 Å². The molecule has 0 spiro atoms. The lowest BCUT2D eigenvalue weighted by atomic mass is 10.1. The smallest absolute Gasteiger partial charge is 0.416 e. The third-order valence-corrected chi connectivity index (χ3v) is 6.55. The van der Waals surface area contributed by atoms with Gasteiger partial charge in [-0.2, -0.15) is 18.3 Å². The van der Waals surface area contributed by atoms with E-state index < -0.39 is 23.2 Å². The molecule has 4 rings (SSSR count). The molecule has 1 unspecified atom stereocenters. The van der Waals surface area contributed by atoms with Crippen LogP contribution in [0.5, 0.6) is 5.75 Å². The fourth-order valence-electron chi connectivity index (χ4n) is 3.55. The maximum Gasteiger partial charge on any atom is 0.416 e. The van der Waals surface area contributed by atoms with Gasteiger partial charge in [-0.25, -0.2) is 4.68 Å². The Morgan fingerprint density at radius 3 is 2.65 bits per heavy atom. The van der Waals surface area contributed by atoms with Crippen molar-refractivity contribution < 1.29 is 22.7 Å². The van der Waals surface area contributed by atoms with E-state index in [2.05, 4.69) is 5.10 Å². The molecule has 0 saturated carbocycles. The second-order valence-electron chi connectivity index (χ2n) is 7.80. The molecule has 34 heavy (non-hydrogen) atoms. The average Bonchev–Trinajstić information content (AvgIpc) is 2.97. The summed E-state index contributed by atoms with van der Waals surface area (Å²) in [6.45, 7) is 2.46. The van der Waals surface area contributed by atoms with E-state index in [-0.39, 0.29) is 36.3 Å². The molecule has 0 fully saturated rings. The topological polar surface area (TPSA) is 64.4 Å². The molecule has 0 radical (unpaired) electrons. The number of amides is 1. The van der Waals surface area contributed by atoms with E-state index in [1.165, 1.54) is 34.9 Å². The number of alkyl halides is 3. The Labute approximate surface area is 198 Å². The molecule has 3 aromatic rings. The lowest BCUT2D eigenvalue weighted by Crippen LogP contribution is -2.35. The van der Waals surface area contributed by atoms with Crippen molar-refractivity contribution in [2.24, 2.45) is 0 Å². The average molecular weight is 490 g/mol. The summed E-state index contributed by atoms with van der Waals surface area (Å²) in [5.41, 5.74) is -1.06. The first-order valence-electron chi connectivity index (χ1n) is 10.7. The summed E-state index contributed by atoms with van der Waals surface area (Å²) < 4.78 is 46.8. The summed E-state index contributed by atoms with van der Waals surface area (Å²) in [6.07, 6.45) is -3.94. The number of aromatic nitrogens is 2. The van der Waals surface area contributed by atoms with Crippen LogP contribution in [0.4, 0.5) is 18.9 Å². The zero-order chi connectivity index (χ0) is 24.3. The fourth-order valence-corrected chi connectivity index (χ4v) is 4.64. The minimum Gasteiger partial charge on any atom is -0.492 e. The van der Waals surface area contributed by atoms with E-state index in [1.54, 1.807) is 12.1 Å². The first kappa shape index (κ1) is 23.9. The number of nitrogens with zero attached hydrogens (tertiary/aromatic N) is 3. The van der Waals surface area contributed by atoms with E-state index in [4.69, 9.17) is 4.74 Å². The molecule has 2 heterocycles. The number of para-hydroxylation sites is 1. The van der Waals surface area contributed by atoms with E-state index in [0.717, 1.165) is 16.8 Å². The number of benzene rings is 2. The zero-order valence-electron chi connectivity index (χ0n) is 18.3. The van der Waals surface area contributed by atoms with Gasteiger partial charge in [0, 0.05) is 22.8 Å². The summed E-state index contributed by atoms with van der Waals surface area (Å²) >= 11 is 1.43. The quantitative estimate of drug-likeness (QED) is 0.512. The SMILES string of the molecule is CC1CCN(C(=O)c2ccc(=O)n(CCOc3ccccc3)n2)c2cc(C(F)(F)F)ccc2S1. The minimum atomic E-state index is -4.53. The lowest BCUT2D eigenvalue weighted by Gasteiger charge is -2.23. The van der Waals surface area contributed by atoms with Gasteiger partial charge in [0.25, 0.3) is 11.5 Å². The molecule has 1 amide bonds. The standard InChI is InChI=1S/C24H22F3N3O3S/c1-16-11-12-29(20-15-17(24(25,26)27)7-9-21(20)34-16)23(32)19-8-10-22(31)30(28-19)13-14-33-18-5-3-2-4-6-18/h2-10,15-16H,11-14H2,1H3. The van der Waals surface area contributed by atoms with Crippen LogP contribution in [0.15, 0.2) is 70.4 Å². The molecule has 1 aliphatic rings. The second kappa shape index (κ2) is 9.92. The Hall–Kier alpha value is -3.27. The number of thioether (sulfide) groups is 1. The van der Waals surface area contributed by atoms with Crippen LogP contribution in [0.3, 0.4) is 0 Å². The van der Waals surface area contributed by atoms with Crippen LogP contribution in [-0.4, -0.2) is 34.1 Å². The van der Waals surface area contributed by atoms with Crippen LogP contribution in [0, 0.1) is 0 Å². The molecule has 0 aliphatic carbocycles. The monoisotopic (exact) mass is 489 g/mol. The van der Waals surface area contributed by atoms with Crippen LogP contribution in [0.1, 0.15) is 29.4 Å². The molecule has 0 bridgehead atoms. The van der Waals surface area contributed by atoms with Gasteiger partial charge in [-0.3, -0.25) is 9.59 Å². The van der Waals surface area contributed by atoms with Gasteiger partial charge < -0.3 is 9.64 Å². The number of fused-ring (bicyclic) bond motifs is 1. The molecule has 6 nitrogen and oxygen atoms in total. The Morgan fingerprint density at radius 2 is 1.91 bits per heavy atom. The molecular weight excluding hydrogens is 467 g/mol. The number of ether oxygens (including phenoxy) is 1. The molecule has 1 atom stereocenters. The van der Waals surface area contributed by atoms with Crippen LogP contribution >= 0.6 is 11.8 Å². The van der Waals surface area contributed by atoms with Gasteiger partial charge in [-0.15, -0.1) is 11.8 Å². The minimum absolute atomic E-state index is 0.0257. The van der Waals surface area contributed by atoms with Gasteiger partial charge in [-0.05, 0) is 42.8 Å². The molecular formula is C24H22F3N3O3S. The van der Waals surface area contributed by atoms with Gasteiger partial charge >= 0.3 is 6.18 Å². The van der Waals surface area contributed by atoms with Crippen molar-refractivity contribution in [2.45, 2.75) is 36.2 Å². The third-order valence-electron chi connectivity index (χ3n) is 5.31. The van der Waals surface area contributed by atoms with Crippen LogP contribution in [-0.2, 0) is 12.7 Å². The number of rotatable bonds is 5. The van der Waals surface area contributed by atoms with Crippen LogP contribution < -0.4 is 15.2 Å². The fraction of sp³-hybridized carbons (Fsp3) is 0.292. The Morgan fingerprint density at radius 1 is 1.15 bits per heavy atom. The summed E-state index contributed by atoms with van der Waals surface area (Å²) in [5, 5.41) is 4.29. The maximum atomic E-state index is 13.4. The normalized spacial score (nSPS) is 16.0. The first-order chi connectivity index (χ1) is 16.2. The number of carbonyl (C=O) groups is 1. The van der Waals surface area contributed by atoms with E-state index in [9.17, 15) is 22.8 Å². The molecule has 1 aromatic heterocycles. The molecule has 2 aromatic carbocycles. The predicted molar refractivity (Wildman–Crippen MR) is 123 cm³/mol. The Balaban J connectivity index is 1.60. The summed E-state index contributed by atoms with van der Waals surface area (Å²) in [6, 6.07) is 15.0. The van der Waals surface area contributed by atoms with Gasteiger partial charge in [0.05, 0.1) is 17.8 Å². The Kier molecular flexibility index (Phi) is 6.97. The molecule has 10 heteroatoms. The van der Waals surface area contributed by atoms with Crippen molar-refractivity contribution in [3.8, 4) is 5.75 Å². The largest absolute Gasteiger partial charge is 0.492 e. The van der Waals surface area contributed by atoms with Crippen molar-refractivity contribution in [1.82, 2.24) is 9.78 Å². The van der Waals surface area contributed by atoms with Crippen LogP contribution in [0.2, 0.25) is 0 Å². The lowest BCUT2D eigenvalue weighted by molar-refractivity contribution is -0.137. The Bertz CT molecular complexity index is 1230. The highest BCUT2D eigenvalue weighted by atomic mass is 32.2. The van der Waals surface area contributed by atoms with Gasteiger partial charge in [-0.1, -0.05) is 25.1 Å². The van der Waals surface area contributed by atoms with Crippen molar-refractivity contribution in [2.75, 3.05) is 18.1 Å². The van der Waals surface area contributed by atoms with Gasteiger partial charge in [0.2, 0.25) is 0 Å². The molecule has 178 valence electrons. The third kappa shape index (κ3) is 5.44. The van der Waals surface area contributed by atoms with Crippen molar-refractivity contribution in [1.29, 1.82) is 0 Å². The summed E-state index contributed by atoms with van der Waals surface area (Å²) in [4.78, 5) is 27.5. The number of hydrogen-bond acceptors (Lipinski definition) is 5. The number of carbonyl (C=O) groups excluding carboxylic acids is 1. The maximum absolute atomic E-state index is 13.4. The van der Waals surface area contributed by atoms with Crippen LogP contribution in [0.25, 0.3) is 0 Å². The van der Waals surface area contributed by atoms with Gasteiger partial charge in [0.1, 0.15) is 18.1 Å². The van der Waals surface area contributed by atoms with E-state index >= 15 is 0 Å². The highest BCUT2D eigenvalue weighted by Crippen LogP contribution is 2.41. The summed E-state index contributed by atoms with van der Waals surface area (Å²) in [5.74, 6) is 0.0732.